The number of fused-ring (bicyclic) bond motifs is 7. The number of ether oxygens (including phenoxy) is 4. The third-order valence-electron chi connectivity index (χ3n) is 17.3. The number of hydrogen-bond donors (Lipinski definition) is 10. The Morgan fingerprint density at radius 2 is 1.42 bits per heavy atom. The van der Waals surface area contributed by atoms with Crippen molar-refractivity contribution in [1.82, 2.24) is 0 Å². The summed E-state index contributed by atoms with van der Waals surface area (Å²) in [6.45, 7) is 12.7. The summed E-state index contributed by atoms with van der Waals surface area (Å²) < 4.78 is 23.9. The quantitative estimate of drug-likeness (QED) is 0.119. The molecular weight excluding hydrogens is 744 g/mol. The van der Waals surface area contributed by atoms with Gasteiger partial charge >= 0.3 is 0 Å². The summed E-state index contributed by atoms with van der Waals surface area (Å²) in [4.78, 5) is 14.4. The molecule has 0 radical (unpaired) electrons. The molecule has 7 rings (SSSR count). The summed E-state index contributed by atoms with van der Waals surface area (Å²) >= 11 is 0. The first-order valence-corrected chi connectivity index (χ1v) is 21.0. The molecule has 15 heteroatoms. The van der Waals surface area contributed by atoms with Crippen LogP contribution in [0, 0.1) is 50.2 Å². The molecule has 2 aliphatic heterocycles. The molecule has 0 aromatic carbocycles. The lowest BCUT2D eigenvalue weighted by atomic mass is 9.32. The SMILES string of the molecule is C[C@H]1O[C@@H](O[C@H]2CC[C@@]3(C)[C@@H](CC[C@]4(C)[C@@H]3[C@H](O)C=C3[C@@H]5CC(C)(C)CC[C@]5(CO)C(=O)[C@H](O)[C@]34C)[C@]2(C)CO)[C@H](O)[C@@H](O[C@@H]2O[C@H](CO)[C@@H](O)[C@H](O)[C@H]2O)[C@H]1O. The fraction of sp³-hybridized carbons (Fsp3) is 0.929. The van der Waals surface area contributed by atoms with Gasteiger partial charge in [0, 0.05) is 16.7 Å². The maximum absolute atomic E-state index is 14.4. The van der Waals surface area contributed by atoms with Crippen molar-refractivity contribution in [2.75, 3.05) is 19.8 Å². The Labute approximate surface area is 335 Å². The minimum Gasteiger partial charge on any atom is -0.396 e. The zero-order valence-electron chi connectivity index (χ0n) is 34.4. The fourth-order valence-corrected chi connectivity index (χ4v) is 13.7. The number of Topliss-reactive ketones (excluding diaryl/α,β-unsaturated/α-hetero) is 1. The van der Waals surface area contributed by atoms with E-state index in [4.69, 9.17) is 18.9 Å². The Bertz CT molecular complexity index is 1560. The molecular formula is C42H68O15. The summed E-state index contributed by atoms with van der Waals surface area (Å²) in [6, 6.07) is 0. The van der Waals surface area contributed by atoms with E-state index < -0.39 is 119 Å². The first-order chi connectivity index (χ1) is 26.5. The molecule has 0 aromatic rings. The van der Waals surface area contributed by atoms with Crippen molar-refractivity contribution < 1.29 is 74.8 Å². The number of rotatable bonds is 7. The average Bonchev–Trinajstić information content (AvgIpc) is 3.16. The van der Waals surface area contributed by atoms with Gasteiger partial charge in [0.2, 0.25) is 0 Å². The molecule has 21 atom stereocenters. The molecule has 5 aliphatic carbocycles. The standard InChI is InChI=1S/C42H68O15/c1-19-26(47)31(57-35-29(50)28(49)27(48)23(16-43)55-35)30(51)36(54-19)56-25-9-10-38(4)24(39(25,5)17-44)8-11-40(6)32(38)22(46)14-20-21-15-37(2,3)12-13-42(21,18-45)34(53)33(52)41(20,40)7/h14,19,21-33,35-36,43-52H,8-13,15-18H2,1-7H3/t19-,21+,22-,23-,24-,25+,26+,27-,28+,29-,30-,31+,32-,33+,35+,36+,38+,39+,40-,41+,42-/m1/s1. The van der Waals surface area contributed by atoms with Gasteiger partial charge in [0.15, 0.2) is 18.4 Å². The van der Waals surface area contributed by atoms with Gasteiger partial charge in [-0.3, -0.25) is 4.79 Å². The molecule has 0 aromatic heterocycles. The molecule has 0 bridgehead atoms. The highest BCUT2D eigenvalue weighted by atomic mass is 16.7. The minimum absolute atomic E-state index is 0.0983. The van der Waals surface area contributed by atoms with Crippen LogP contribution in [-0.2, 0) is 23.7 Å². The minimum atomic E-state index is -1.77. The van der Waals surface area contributed by atoms with E-state index in [9.17, 15) is 55.9 Å². The molecule has 2 heterocycles. The second kappa shape index (κ2) is 14.7. The largest absolute Gasteiger partial charge is 0.396 e. The van der Waals surface area contributed by atoms with Crippen molar-refractivity contribution in [3.8, 4) is 0 Å². The second-order valence-corrected chi connectivity index (χ2v) is 20.6. The van der Waals surface area contributed by atoms with Gasteiger partial charge in [-0.05, 0) is 80.0 Å². The van der Waals surface area contributed by atoms with E-state index >= 15 is 0 Å². The molecule has 2 saturated heterocycles. The van der Waals surface area contributed by atoms with Crippen LogP contribution in [0.15, 0.2) is 11.6 Å². The van der Waals surface area contributed by atoms with E-state index in [0.717, 1.165) is 12.0 Å². The van der Waals surface area contributed by atoms with Crippen LogP contribution in [-0.4, -0.2) is 156 Å². The molecule has 326 valence electrons. The van der Waals surface area contributed by atoms with Gasteiger partial charge in [-0.15, -0.1) is 0 Å². The van der Waals surface area contributed by atoms with Crippen molar-refractivity contribution in [2.24, 2.45) is 50.2 Å². The maximum Gasteiger partial charge on any atom is 0.187 e. The highest BCUT2D eigenvalue weighted by Crippen LogP contribution is 2.75. The Morgan fingerprint density at radius 1 is 0.754 bits per heavy atom. The highest BCUT2D eigenvalue weighted by molar-refractivity contribution is 5.93. The summed E-state index contributed by atoms with van der Waals surface area (Å²) in [5, 5.41) is 110. The average molecular weight is 813 g/mol. The van der Waals surface area contributed by atoms with Gasteiger partial charge in [0.05, 0.1) is 43.5 Å². The normalized spacial score (nSPS) is 56.2. The predicted molar refractivity (Wildman–Crippen MR) is 201 cm³/mol. The number of carbonyl (C=O) groups excluding carboxylic acids is 1. The van der Waals surface area contributed by atoms with E-state index in [2.05, 4.69) is 27.7 Å². The van der Waals surface area contributed by atoms with Crippen molar-refractivity contribution in [3.05, 3.63) is 11.6 Å². The lowest BCUT2D eigenvalue weighted by Gasteiger charge is -2.72. The third kappa shape index (κ3) is 6.15. The van der Waals surface area contributed by atoms with E-state index in [1.807, 2.05) is 19.9 Å². The Balaban J connectivity index is 1.17. The monoisotopic (exact) mass is 812 g/mol. The van der Waals surface area contributed by atoms with Crippen LogP contribution in [0.25, 0.3) is 0 Å². The summed E-state index contributed by atoms with van der Waals surface area (Å²) in [5.41, 5.74) is -3.64. The van der Waals surface area contributed by atoms with Crippen molar-refractivity contribution in [3.63, 3.8) is 0 Å². The zero-order valence-corrected chi connectivity index (χ0v) is 34.4. The van der Waals surface area contributed by atoms with Crippen molar-refractivity contribution in [2.45, 2.75) is 173 Å². The van der Waals surface area contributed by atoms with Gasteiger partial charge in [-0.25, -0.2) is 0 Å². The molecule has 0 unspecified atom stereocenters. The van der Waals surface area contributed by atoms with Crippen LogP contribution in [0.2, 0.25) is 0 Å². The van der Waals surface area contributed by atoms with E-state index in [1.165, 1.54) is 0 Å². The number of aliphatic hydroxyl groups is 10. The zero-order chi connectivity index (χ0) is 42.0. The lowest BCUT2D eigenvalue weighted by molar-refractivity contribution is -0.368. The van der Waals surface area contributed by atoms with Crippen LogP contribution < -0.4 is 0 Å². The number of carbonyl (C=O) groups is 1. The Kier molecular flexibility index (Phi) is 11.4. The van der Waals surface area contributed by atoms with Gasteiger partial charge in [-0.1, -0.05) is 53.2 Å². The van der Waals surface area contributed by atoms with Crippen molar-refractivity contribution in [1.29, 1.82) is 0 Å². The molecule has 15 nitrogen and oxygen atoms in total. The van der Waals surface area contributed by atoms with E-state index in [0.29, 0.717) is 38.5 Å². The van der Waals surface area contributed by atoms with Crippen LogP contribution in [0.1, 0.15) is 93.4 Å². The Morgan fingerprint density at radius 3 is 2.05 bits per heavy atom. The first kappa shape index (κ1) is 43.9. The summed E-state index contributed by atoms with van der Waals surface area (Å²) in [6.07, 6.45) is -12.1. The summed E-state index contributed by atoms with van der Waals surface area (Å²) in [5.74, 6) is -1.29. The van der Waals surface area contributed by atoms with Crippen LogP contribution in [0.3, 0.4) is 0 Å². The van der Waals surface area contributed by atoms with Crippen LogP contribution in [0.5, 0.6) is 0 Å². The molecule has 4 saturated carbocycles. The summed E-state index contributed by atoms with van der Waals surface area (Å²) in [7, 11) is 0. The number of ketones is 1. The predicted octanol–water partition coefficient (Wildman–Crippen LogP) is -0.0897. The maximum atomic E-state index is 14.4. The molecule has 0 spiro atoms. The highest BCUT2D eigenvalue weighted by Gasteiger charge is 2.74. The topological polar surface area (TPSA) is 256 Å². The molecule has 57 heavy (non-hydrogen) atoms. The second-order valence-electron chi connectivity index (χ2n) is 20.6. The third-order valence-corrected chi connectivity index (χ3v) is 17.3. The lowest BCUT2D eigenvalue weighted by Crippen LogP contribution is -2.73. The molecule has 0 amide bonds. The number of aliphatic hydroxyl groups excluding tert-OH is 10. The number of hydrogen-bond acceptors (Lipinski definition) is 15. The van der Waals surface area contributed by atoms with Crippen LogP contribution >= 0.6 is 0 Å². The molecule has 6 fully saturated rings. The smallest absolute Gasteiger partial charge is 0.187 e. The van der Waals surface area contributed by atoms with Gasteiger partial charge in [0.25, 0.3) is 0 Å². The first-order valence-electron chi connectivity index (χ1n) is 21.0. The Hall–Kier alpha value is -1.15. The van der Waals surface area contributed by atoms with E-state index in [1.54, 1.807) is 6.92 Å². The van der Waals surface area contributed by atoms with Crippen molar-refractivity contribution >= 4 is 5.78 Å². The van der Waals surface area contributed by atoms with Gasteiger partial charge < -0.3 is 70.0 Å². The van der Waals surface area contributed by atoms with Gasteiger partial charge in [-0.2, -0.15) is 0 Å². The van der Waals surface area contributed by atoms with Gasteiger partial charge in [0.1, 0.15) is 48.8 Å². The molecule has 7 aliphatic rings. The molecule has 10 N–H and O–H groups in total. The fourth-order valence-electron chi connectivity index (χ4n) is 13.7. The van der Waals surface area contributed by atoms with Crippen LogP contribution in [0.4, 0.5) is 0 Å². The van der Waals surface area contributed by atoms with E-state index in [-0.39, 0.29) is 36.2 Å².